The van der Waals surface area contributed by atoms with Crippen molar-refractivity contribution in [1.29, 1.82) is 0 Å². The lowest BCUT2D eigenvalue weighted by atomic mass is 9.79. The molecule has 2 fully saturated rings. The normalized spacial score (nSPS) is 39.5. The first-order chi connectivity index (χ1) is 28.6. The molecule has 0 spiro atoms. The molecule has 346 valence electrons. The number of carbonyl (C=O) groups is 4. The molecular formula is C50H81NO10. The van der Waals surface area contributed by atoms with Crippen molar-refractivity contribution in [1.82, 2.24) is 4.90 Å². The van der Waals surface area contributed by atoms with E-state index in [2.05, 4.69) is 6.92 Å². The van der Waals surface area contributed by atoms with Crippen LogP contribution in [0.25, 0.3) is 0 Å². The maximum atomic E-state index is 14.0. The number of allylic oxidation sites excluding steroid dienone is 6. The zero-order valence-electron chi connectivity index (χ0n) is 39.1. The number of hydrogen-bond donors (Lipinski definition) is 4. The molecule has 0 radical (unpaired) electrons. The van der Waals surface area contributed by atoms with Gasteiger partial charge in [0.05, 0.1) is 24.2 Å². The predicted octanol–water partition coefficient (Wildman–Crippen LogP) is 7.63. The Hall–Kier alpha value is -2.96. The summed E-state index contributed by atoms with van der Waals surface area (Å²) in [7, 11) is 1.70. The van der Waals surface area contributed by atoms with Crippen LogP contribution < -0.4 is 0 Å². The SMILES string of the molecule is CO[C@H]1C[C@@H](C)CC[C@@H](C)[C@](C)(O)CC(=O)N2CCCC2C(=O)O[C@H]([C@H](C)CC2CCC(O)CC2)CC(=O)[C@H](C)/C=C(\C)[C@@H](O)[C@@H](O)C(=O)[C@H](C)C[C@H](C)/C=C/C=C/C=C1C. The number of fused-ring (bicyclic) bond motifs is 1. The molecule has 1 saturated heterocycles. The lowest BCUT2D eigenvalue weighted by Gasteiger charge is -2.34. The number of hydrogen-bond acceptors (Lipinski definition) is 10. The second-order valence-corrected chi connectivity index (χ2v) is 19.6. The number of Topliss-reactive ketones (excluding diaryl/α,β-unsaturated/α-hetero) is 2. The number of amides is 1. The Bertz CT molecular complexity index is 1560. The lowest BCUT2D eigenvalue weighted by molar-refractivity contribution is -0.163. The minimum Gasteiger partial charge on any atom is -0.460 e. The van der Waals surface area contributed by atoms with Gasteiger partial charge in [-0.05, 0) is 126 Å². The van der Waals surface area contributed by atoms with E-state index >= 15 is 0 Å². The summed E-state index contributed by atoms with van der Waals surface area (Å²) in [5.74, 6) is -2.57. The minimum atomic E-state index is -1.66. The summed E-state index contributed by atoms with van der Waals surface area (Å²) in [5.41, 5.74) is 0.0730. The van der Waals surface area contributed by atoms with E-state index in [9.17, 15) is 39.6 Å². The molecule has 12 atom stereocenters. The summed E-state index contributed by atoms with van der Waals surface area (Å²) in [6.45, 7) is 17.2. The van der Waals surface area contributed by atoms with Gasteiger partial charge in [0, 0.05) is 31.9 Å². The highest BCUT2D eigenvalue weighted by molar-refractivity contribution is 5.87. The van der Waals surface area contributed by atoms with Gasteiger partial charge in [0.2, 0.25) is 5.91 Å². The zero-order chi connectivity index (χ0) is 45.6. The Kier molecular flexibility index (Phi) is 21.3. The summed E-state index contributed by atoms with van der Waals surface area (Å²) < 4.78 is 12.1. The molecule has 4 N–H and O–H groups in total. The summed E-state index contributed by atoms with van der Waals surface area (Å²) >= 11 is 0. The Balaban J connectivity index is 1.91. The number of ether oxygens (including phenoxy) is 2. The van der Waals surface area contributed by atoms with Gasteiger partial charge >= 0.3 is 5.97 Å². The van der Waals surface area contributed by atoms with E-state index in [-0.39, 0.29) is 60.4 Å². The zero-order valence-corrected chi connectivity index (χ0v) is 39.1. The molecular weight excluding hydrogens is 775 g/mol. The molecule has 1 aliphatic carbocycles. The van der Waals surface area contributed by atoms with Gasteiger partial charge in [-0.25, -0.2) is 4.79 Å². The van der Waals surface area contributed by atoms with Gasteiger partial charge in [0.15, 0.2) is 5.78 Å². The average molecular weight is 856 g/mol. The first kappa shape index (κ1) is 52.4. The molecule has 0 bridgehead atoms. The number of rotatable bonds is 4. The van der Waals surface area contributed by atoms with Gasteiger partial charge in [0.1, 0.15) is 30.1 Å². The molecule has 0 aromatic carbocycles. The number of ketones is 2. The molecule has 11 nitrogen and oxygen atoms in total. The van der Waals surface area contributed by atoms with Crippen LogP contribution >= 0.6 is 0 Å². The van der Waals surface area contributed by atoms with Crippen molar-refractivity contribution >= 4 is 23.4 Å². The Morgan fingerprint density at radius 1 is 0.869 bits per heavy atom. The van der Waals surface area contributed by atoms with E-state index in [1.165, 1.54) is 4.90 Å². The highest BCUT2D eigenvalue weighted by Gasteiger charge is 2.41. The molecule has 3 aliphatic rings. The van der Waals surface area contributed by atoms with Crippen molar-refractivity contribution in [2.45, 2.75) is 188 Å². The number of carbonyl (C=O) groups excluding carboxylic acids is 4. The number of aliphatic hydroxyl groups excluding tert-OH is 3. The maximum Gasteiger partial charge on any atom is 0.329 e. The third-order valence-corrected chi connectivity index (χ3v) is 14.1. The van der Waals surface area contributed by atoms with E-state index in [4.69, 9.17) is 9.47 Å². The fourth-order valence-corrected chi connectivity index (χ4v) is 9.39. The molecule has 3 rings (SSSR count). The van der Waals surface area contributed by atoms with Crippen molar-refractivity contribution in [3.63, 3.8) is 0 Å². The molecule has 1 unspecified atom stereocenters. The van der Waals surface area contributed by atoms with E-state index < -0.39 is 53.5 Å². The number of cyclic esters (lactones) is 1. The number of methoxy groups -OCH3 is 1. The van der Waals surface area contributed by atoms with Crippen LogP contribution in [0.1, 0.15) is 146 Å². The van der Waals surface area contributed by atoms with Gasteiger partial charge < -0.3 is 34.8 Å². The molecule has 1 amide bonds. The Morgan fingerprint density at radius 3 is 2.20 bits per heavy atom. The Morgan fingerprint density at radius 2 is 1.54 bits per heavy atom. The van der Waals surface area contributed by atoms with Crippen molar-refractivity contribution in [3.8, 4) is 0 Å². The van der Waals surface area contributed by atoms with Crippen LogP contribution in [0.5, 0.6) is 0 Å². The quantitative estimate of drug-likeness (QED) is 0.163. The molecule has 0 aromatic rings. The van der Waals surface area contributed by atoms with Crippen LogP contribution in [0.2, 0.25) is 0 Å². The largest absolute Gasteiger partial charge is 0.460 e. The van der Waals surface area contributed by atoms with Crippen LogP contribution in [0.15, 0.2) is 47.6 Å². The number of esters is 1. The van der Waals surface area contributed by atoms with E-state index in [0.717, 1.165) is 31.3 Å². The van der Waals surface area contributed by atoms with Crippen LogP contribution in [-0.2, 0) is 28.7 Å². The molecule has 2 aliphatic heterocycles. The second-order valence-electron chi connectivity index (χ2n) is 19.6. The van der Waals surface area contributed by atoms with Crippen LogP contribution in [0.3, 0.4) is 0 Å². The third-order valence-electron chi connectivity index (χ3n) is 14.1. The molecule has 2 heterocycles. The fraction of sp³-hybridized carbons (Fsp3) is 0.760. The third kappa shape index (κ3) is 16.3. The first-order valence-corrected chi connectivity index (χ1v) is 23.2. The van der Waals surface area contributed by atoms with Crippen molar-refractivity contribution in [2.24, 2.45) is 41.4 Å². The van der Waals surface area contributed by atoms with Gasteiger partial charge in [-0.1, -0.05) is 84.4 Å². The molecule has 1 saturated carbocycles. The van der Waals surface area contributed by atoms with E-state index in [1.54, 1.807) is 40.9 Å². The number of nitrogens with zero attached hydrogens (tertiary/aromatic N) is 1. The summed E-state index contributed by atoms with van der Waals surface area (Å²) in [5, 5.41) is 43.8. The molecule has 61 heavy (non-hydrogen) atoms. The van der Waals surface area contributed by atoms with Crippen molar-refractivity contribution in [3.05, 3.63) is 47.6 Å². The first-order valence-electron chi connectivity index (χ1n) is 23.2. The van der Waals surface area contributed by atoms with Crippen LogP contribution in [0, 0.1) is 41.4 Å². The lowest BCUT2D eigenvalue weighted by Crippen LogP contribution is -2.47. The van der Waals surface area contributed by atoms with Gasteiger partial charge in [0.25, 0.3) is 0 Å². The topological polar surface area (TPSA) is 171 Å². The molecule has 0 aromatic heterocycles. The average Bonchev–Trinajstić information content (AvgIpc) is 3.71. The monoisotopic (exact) mass is 856 g/mol. The summed E-state index contributed by atoms with van der Waals surface area (Å²) in [4.78, 5) is 56.6. The van der Waals surface area contributed by atoms with Gasteiger partial charge in [-0.2, -0.15) is 0 Å². The summed E-state index contributed by atoms with van der Waals surface area (Å²) in [6.07, 6.45) is 14.5. The smallest absolute Gasteiger partial charge is 0.329 e. The van der Waals surface area contributed by atoms with E-state index in [1.807, 2.05) is 58.1 Å². The summed E-state index contributed by atoms with van der Waals surface area (Å²) in [6, 6.07) is -0.829. The van der Waals surface area contributed by atoms with Crippen LogP contribution in [-0.4, -0.2) is 105 Å². The standard InChI is InChI=1S/C50H81NO10/c1-31-15-12-11-13-16-33(3)43(60-10)26-32(2)18-19-38(8)50(9,59)30-45(54)51-24-14-17-41(51)49(58)61-44(35(5)28-39-20-22-40(52)23-21-39)29-42(53)34(4)27-37(7)47(56)48(57)46(55)36(6)25-31/h11-13,15-16,27,31-32,34-36,38-41,43-44,47-48,52,56-57,59H,14,17-26,28-30H2,1-10H3/b13-11+,15-12+,33-16?,37-27+/t31-,32+,34-,35-,36-,38-,39?,40?,41?,43+,44+,47-,48+,50-/m1/s1. The van der Waals surface area contributed by atoms with Crippen molar-refractivity contribution < 1.29 is 49.1 Å². The number of aliphatic hydroxyl groups is 4. The second kappa shape index (κ2) is 24.8. The van der Waals surface area contributed by atoms with Crippen molar-refractivity contribution in [2.75, 3.05) is 13.7 Å². The predicted molar refractivity (Wildman–Crippen MR) is 239 cm³/mol. The van der Waals surface area contributed by atoms with Gasteiger partial charge in [-0.3, -0.25) is 14.4 Å². The Labute approximate surface area is 367 Å². The highest BCUT2D eigenvalue weighted by atomic mass is 16.5. The van der Waals surface area contributed by atoms with Crippen LogP contribution in [0.4, 0.5) is 0 Å². The van der Waals surface area contributed by atoms with Gasteiger partial charge in [-0.15, -0.1) is 0 Å². The minimum absolute atomic E-state index is 0.0247. The van der Waals surface area contributed by atoms with E-state index in [0.29, 0.717) is 63.0 Å². The highest BCUT2D eigenvalue weighted by Crippen LogP contribution is 2.34. The maximum absolute atomic E-state index is 14.0. The fourth-order valence-electron chi connectivity index (χ4n) is 9.39. The molecule has 11 heteroatoms.